The van der Waals surface area contributed by atoms with Crippen LogP contribution in [0.1, 0.15) is 33.6 Å². The molecule has 1 aromatic heterocycles. The van der Waals surface area contributed by atoms with E-state index in [1.165, 1.54) is 4.90 Å². The highest BCUT2D eigenvalue weighted by Gasteiger charge is 2.79. The summed E-state index contributed by atoms with van der Waals surface area (Å²) in [5.74, 6) is -2.47. The average Bonchev–Trinajstić information content (AvgIpc) is 3.50. The molecule has 35 heavy (non-hydrogen) atoms. The van der Waals surface area contributed by atoms with Gasteiger partial charge in [0.25, 0.3) is 0 Å². The van der Waals surface area contributed by atoms with E-state index in [2.05, 4.69) is 20.9 Å². The van der Waals surface area contributed by atoms with Crippen molar-refractivity contribution in [1.82, 2.24) is 30.5 Å². The van der Waals surface area contributed by atoms with Crippen LogP contribution >= 0.6 is 0 Å². The average molecular weight is 485 g/mol. The molecule has 11 nitrogen and oxygen atoms in total. The third kappa shape index (κ3) is 3.35. The molecule has 1 aromatic carbocycles. The number of amides is 3. The van der Waals surface area contributed by atoms with Crippen LogP contribution in [0.5, 0.6) is 0 Å². The summed E-state index contributed by atoms with van der Waals surface area (Å²) in [6.07, 6.45) is 1.25. The molecule has 188 valence electrons. The molecule has 3 N–H and O–H groups in total. The van der Waals surface area contributed by atoms with Gasteiger partial charge in [0.05, 0.1) is 29.6 Å². The van der Waals surface area contributed by atoms with Crippen LogP contribution in [0.25, 0.3) is 11.0 Å². The highest BCUT2D eigenvalue weighted by molar-refractivity contribution is 5.99. The molecule has 3 aliphatic rings. The topological polar surface area (TPSA) is 139 Å². The van der Waals surface area contributed by atoms with Crippen molar-refractivity contribution in [2.24, 2.45) is 17.8 Å². The molecule has 6 atom stereocenters. The Morgan fingerprint density at radius 2 is 2.03 bits per heavy atom. The van der Waals surface area contributed by atoms with Gasteiger partial charge in [-0.2, -0.15) is 0 Å². The fourth-order valence-corrected chi connectivity index (χ4v) is 6.43. The SMILES string of the molecule is CCCNC(=O)[C@@H]1[C@H]2C(=O)N(CCO)C(C(=O)NCn3nnc4ccccc43)C23CC(C)[C@@]1(C)O3. The van der Waals surface area contributed by atoms with Gasteiger partial charge in [0.2, 0.25) is 17.7 Å². The maximum atomic E-state index is 13.7. The number of carbonyl (C=O) groups is 3. The molecule has 3 aliphatic heterocycles. The molecule has 0 radical (unpaired) electrons. The van der Waals surface area contributed by atoms with E-state index in [-0.39, 0.29) is 37.6 Å². The van der Waals surface area contributed by atoms with Gasteiger partial charge in [0, 0.05) is 13.1 Å². The monoisotopic (exact) mass is 484 g/mol. The van der Waals surface area contributed by atoms with Gasteiger partial charge in [0.15, 0.2) is 0 Å². The fourth-order valence-electron chi connectivity index (χ4n) is 6.43. The van der Waals surface area contributed by atoms with E-state index >= 15 is 0 Å². The second-order valence-corrected chi connectivity index (χ2v) is 10.0. The number of aromatic nitrogens is 3. The molecule has 0 saturated carbocycles. The van der Waals surface area contributed by atoms with Crippen molar-refractivity contribution in [3.8, 4) is 0 Å². The van der Waals surface area contributed by atoms with Crippen molar-refractivity contribution < 1.29 is 24.2 Å². The number of likely N-dealkylation sites (tertiary alicyclic amines) is 1. The predicted octanol–water partition coefficient (Wildman–Crippen LogP) is 0.0342. The molecule has 2 aromatic rings. The zero-order valence-corrected chi connectivity index (χ0v) is 20.2. The first-order valence-electron chi connectivity index (χ1n) is 12.2. The quantitative estimate of drug-likeness (QED) is 0.481. The Kier molecular flexibility index (Phi) is 5.79. The minimum atomic E-state index is -1.14. The number of para-hydroxylation sites is 1. The summed E-state index contributed by atoms with van der Waals surface area (Å²) < 4.78 is 8.16. The maximum Gasteiger partial charge on any atom is 0.247 e. The number of nitrogens with zero attached hydrogens (tertiary/aromatic N) is 4. The van der Waals surface area contributed by atoms with Gasteiger partial charge in [0.1, 0.15) is 23.8 Å². The van der Waals surface area contributed by atoms with Gasteiger partial charge >= 0.3 is 0 Å². The summed E-state index contributed by atoms with van der Waals surface area (Å²) in [6.45, 7) is 6.09. The number of hydrogen-bond acceptors (Lipinski definition) is 7. The molecule has 3 fully saturated rings. The third-order valence-corrected chi connectivity index (χ3v) is 8.06. The lowest BCUT2D eigenvalue weighted by Crippen LogP contribution is -2.56. The van der Waals surface area contributed by atoms with Gasteiger partial charge in [-0.05, 0) is 37.8 Å². The van der Waals surface area contributed by atoms with Crippen LogP contribution in [0.4, 0.5) is 0 Å². The van der Waals surface area contributed by atoms with E-state index in [9.17, 15) is 19.5 Å². The Labute approximate surface area is 203 Å². The van der Waals surface area contributed by atoms with Crippen molar-refractivity contribution in [2.75, 3.05) is 19.7 Å². The number of aliphatic hydroxyl groups excluding tert-OH is 1. The lowest BCUT2D eigenvalue weighted by Gasteiger charge is -2.36. The smallest absolute Gasteiger partial charge is 0.247 e. The highest BCUT2D eigenvalue weighted by Crippen LogP contribution is 2.65. The number of nitrogens with one attached hydrogen (secondary N) is 2. The summed E-state index contributed by atoms with van der Waals surface area (Å²) in [5, 5.41) is 23.7. The molecule has 2 bridgehead atoms. The minimum absolute atomic E-state index is 0.0147. The Balaban J connectivity index is 1.46. The second-order valence-electron chi connectivity index (χ2n) is 10.0. The van der Waals surface area contributed by atoms with Crippen molar-refractivity contribution in [1.29, 1.82) is 0 Å². The number of benzene rings is 1. The molecule has 5 rings (SSSR count). The van der Waals surface area contributed by atoms with Crippen molar-refractivity contribution in [3.63, 3.8) is 0 Å². The van der Waals surface area contributed by atoms with Crippen molar-refractivity contribution in [3.05, 3.63) is 24.3 Å². The number of aliphatic hydroxyl groups is 1. The van der Waals surface area contributed by atoms with Crippen molar-refractivity contribution in [2.45, 2.75) is 57.5 Å². The van der Waals surface area contributed by atoms with Crippen molar-refractivity contribution >= 4 is 28.8 Å². The molecule has 11 heteroatoms. The first kappa shape index (κ1) is 23.7. The van der Waals surface area contributed by atoms with Gasteiger partial charge in [-0.1, -0.05) is 31.2 Å². The number of carbonyl (C=O) groups excluding carboxylic acids is 3. The third-order valence-electron chi connectivity index (χ3n) is 8.06. The summed E-state index contributed by atoms with van der Waals surface area (Å²) >= 11 is 0. The minimum Gasteiger partial charge on any atom is -0.395 e. The fraction of sp³-hybridized carbons (Fsp3) is 0.625. The number of β-amino-alcohol motifs (C(OH)–C–C–N with tert-alkyl or cyclic N) is 1. The van der Waals surface area contributed by atoms with Crippen LogP contribution in [0.2, 0.25) is 0 Å². The summed E-state index contributed by atoms with van der Waals surface area (Å²) in [4.78, 5) is 42.0. The van der Waals surface area contributed by atoms with E-state index in [0.29, 0.717) is 18.5 Å². The van der Waals surface area contributed by atoms with Crippen LogP contribution in [0.15, 0.2) is 24.3 Å². The van der Waals surface area contributed by atoms with Crippen LogP contribution in [0, 0.1) is 17.8 Å². The van der Waals surface area contributed by atoms with Gasteiger partial charge in [-0.15, -0.1) is 5.10 Å². The molecule has 3 saturated heterocycles. The summed E-state index contributed by atoms with van der Waals surface area (Å²) in [6, 6.07) is 6.45. The maximum absolute atomic E-state index is 13.7. The van der Waals surface area contributed by atoms with Crippen LogP contribution in [0.3, 0.4) is 0 Å². The number of ether oxygens (including phenoxy) is 1. The Hall–Kier alpha value is -3.05. The number of fused-ring (bicyclic) bond motifs is 2. The van der Waals surface area contributed by atoms with Gasteiger partial charge in [-0.3, -0.25) is 14.4 Å². The van der Waals surface area contributed by atoms with E-state index in [0.717, 1.165) is 11.9 Å². The normalized spacial score (nSPS) is 33.4. The molecule has 3 unspecified atom stereocenters. The second kappa shape index (κ2) is 8.56. The standard InChI is InChI=1S/C24H32N6O5/c1-4-9-25-20(32)17-18-22(34)29(10-11-31)19(24(18)12-14(2)23(17,3)35-24)21(33)26-13-30-16-8-6-5-7-15(16)27-28-30/h5-8,14,17-19,31H,4,9-13H2,1-3H3,(H,25,32)(H,26,33)/t14?,17-,18-,19?,23+,24?/m0/s1. The lowest BCUT2D eigenvalue weighted by atomic mass is 9.62. The Morgan fingerprint density at radius 3 is 2.77 bits per heavy atom. The molecule has 1 spiro atoms. The van der Waals surface area contributed by atoms with E-state index in [1.54, 1.807) is 4.68 Å². The predicted molar refractivity (Wildman–Crippen MR) is 125 cm³/mol. The zero-order valence-electron chi connectivity index (χ0n) is 20.2. The number of hydrogen-bond donors (Lipinski definition) is 3. The first-order chi connectivity index (χ1) is 16.8. The largest absolute Gasteiger partial charge is 0.395 e. The first-order valence-corrected chi connectivity index (χ1v) is 12.2. The molecule has 4 heterocycles. The van der Waals surface area contributed by atoms with E-state index < -0.39 is 35.0 Å². The van der Waals surface area contributed by atoms with Crippen LogP contribution in [-0.2, 0) is 25.8 Å². The summed E-state index contributed by atoms with van der Waals surface area (Å²) in [7, 11) is 0. The van der Waals surface area contributed by atoms with E-state index in [4.69, 9.17) is 4.74 Å². The van der Waals surface area contributed by atoms with Gasteiger partial charge in [-0.25, -0.2) is 4.68 Å². The lowest BCUT2D eigenvalue weighted by molar-refractivity contribution is -0.148. The summed E-state index contributed by atoms with van der Waals surface area (Å²) in [5.41, 5.74) is -0.517. The molecule has 0 aliphatic carbocycles. The molecule has 3 amide bonds. The molecular weight excluding hydrogens is 452 g/mol. The zero-order chi connectivity index (χ0) is 25.0. The Morgan fingerprint density at radius 1 is 1.26 bits per heavy atom. The van der Waals surface area contributed by atoms with Crippen LogP contribution < -0.4 is 10.6 Å². The highest BCUT2D eigenvalue weighted by atomic mass is 16.5. The number of rotatable bonds is 8. The van der Waals surface area contributed by atoms with Crippen LogP contribution in [-0.4, -0.2) is 79.7 Å². The Bertz CT molecular complexity index is 1170. The van der Waals surface area contributed by atoms with E-state index in [1.807, 2.05) is 45.0 Å². The molecular formula is C24H32N6O5. The van der Waals surface area contributed by atoms with Gasteiger partial charge < -0.3 is 25.4 Å².